The van der Waals surface area contributed by atoms with Gasteiger partial charge in [-0.3, -0.25) is 14.8 Å². The number of nitrogen functional groups attached to an aromatic ring is 1. The average molecular weight is 478 g/mol. The van der Waals surface area contributed by atoms with Crippen molar-refractivity contribution in [2.24, 2.45) is 0 Å². The van der Waals surface area contributed by atoms with Crippen LogP contribution in [-0.2, 0) is 22.6 Å². The van der Waals surface area contributed by atoms with Gasteiger partial charge in [0.25, 0.3) is 0 Å². The van der Waals surface area contributed by atoms with E-state index < -0.39 is 0 Å². The van der Waals surface area contributed by atoms with Crippen molar-refractivity contribution in [2.45, 2.75) is 25.2 Å². The first kappa shape index (κ1) is 22.8. The fraction of sp³-hybridized carbons (Fsp3) is 0.308. The topological polar surface area (TPSA) is 87.5 Å². The molecule has 1 aliphatic rings. The fourth-order valence-corrected chi connectivity index (χ4v) is 5.16. The Balaban J connectivity index is 1.35. The van der Waals surface area contributed by atoms with Crippen LogP contribution >= 0.6 is 11.6 Å². The van der Waals surface area contributed by atoms with E-state index in [1.807, 2.05) is 24.3 Å². The Kier molecular flexibility index (Phi) is 6.52. The van der Waals surface area contributed by atoms with Crippen LogP contribution < -0.4 is 5.73 Å². The third kappa shape index (κ3) is 4.52. The van der Waals surface area contributed by atoms with Gasteiger partial charge in [-0.25, -0.2) is 0 Å². The van der Waals surface area contributed by atoms with E-state index in [9.17, 15) is 4.79 Å². The van der Waals surface area contributed by atoms with E-state index in [1.54, 1.807) is 19.4 Å². The van der Waals surface area contributed by atoms with Gasteiger partial charge in [0.15, 0.2) is 0 Å². The van der Waals surface area contributed by atoms with Crippen molar-refractivity contribution in [2.75, 3.05) is 32.5 Å². The van der Waals surface area contributed by atoms with Gasteiger partial charge >= 0.3 is 0 Å². The Bertz CT molecular complexity index is 1320. The summed E-state index contributed by atoms with van der Waals surface area (Å²) in [7, 11) is 1.68. The van der Waals surface area contributed by atoms with Crippen molar-refractivity contribution in [3.63, 3.8) is 0 Å². The largest absolute Gasteiger partial charge is 0.398 e. The smallest absolute Gasteiger partial charge is 0.138 e. The van der Waals surface area contributed by atoms with Gasteiger partial charge in [-0.05, 0) is 42.0 Å². The van der Waals surface area contributed by atoms with E-state index in [-0.39, 0.29) is 12.1 Å². The molecule has 2 atom stereocenters. The first-order valence-electron chi connectivity index (χ1n) is 11.4. The van der Waals surface area contributed by atoms with Gasteiger partial charge in [-0.2, -0.15) is 0 Å². The summed E-state index contributed by atoms with van der Waals surface area (Å²) in [5.41, 5.74) is 10.9. The van der Waals surface area contributed by atoms with Crippen molar-refractivity contribution in [1.82, 2.24) is 19.8 Å². The molecule has 3 heterocycles. The summed E-state index contributed by atoms with van der Waals surface area (Å²) in [6, 6.07) is 15.6. The van der Waals surface area contributed by atoms with Crippen LogP contribution in [0.25, 0.3) is 21.8 Å². The Morgan fingerprint density at radius 2 is 2.00 bits per heavy atom. The molecule has 0 bridgehead atoms. The van der Waals surface area contributed by atoms with Gasteiger partial charge < -0.3 is 20.2 Å². The van der Waals surface area contributed by atoms with E-state index in [2.05, 4.69) is 38.0 Å². The molecule has 2 unspecified atom stereocenters. The molecule has 3 N–H and O–H groups in total. The number of anilines is 1. The zero-order valence-corrected chi connectivity index (χ0v) is 19.8. The number of nitrogens with two attached hydrogens (primary N) is 1. The van der Waals surface area contributed by atoms with Crippen molar-refractivity contribution < 1.29 is 9.53 Å². The number of nitrogens with one attached hydrogen (secondary N) is 1. The molecular weight excluding hydrogens is 450 g/mol. The number of nitrogens with zero attached hydrogens (tertiary/aromatic N) is 3. The van der Waals surface area contributed by atoms with Crippen molar-refractivity contribution in [1.29, 1.82) is 0 Å². The van der Waals surface area contributed by atoms with Crippen molar-refractivity contribution in [3.8, 4) is 0 Å². The summed E-state index contributed by atoms with van der Waals surface area (Å²) in [5, 5.41) is 2.75. The lowest BCUT2D eigenvalue weighted by Gasteiger charge is -2.45. The van der Waals surface area contributed by atoms with Crippen LogP contribution in [0, 0.1) is 0 Å². The lowest BCUT2D eigenvalue weighted by molar-refractivity contribution is -0.120. The number of H-pyrrole nitrogens is 1. The van der Waals surface area contributed by atoms with Gasteiger partial charge in [0, 0.05) is 72.2 Å². The van der Waals surface area contributed by atoms with Crippen LogP contribution in [0.3, 0.4) is 0 Å². The van der Waals surface area contributed by atoms with Gasteiger partial charge in [0.05, 0.1) is 24.2 Å². The molecule has 7 nitrogen and oxygen atoms in total. The SMILES string of the molecule is COCC1C(C=O)N(Cc2ccc3c(N)ccnc3c2)CCN1Cc1cc2cc(Cl)ccc2[nH]1. The standard InChI is InChI=1S/C26H28ClN5O2/c1-34-16-26-25(15-33)31(13-17-2-4-21-22(28)6-7-29-24(21)10-17)8-9-32(26)14-20-12-18-11-19(27)3-5-23(18)30-20/h2-7,10-12,15,25-26,30H,8-9,13-14,16H2,1H3,(H2,28,29). The summed E-state index contributed by atoms with van der Waals surface area (Å²) in [4.78, 5) is 24.8. The maximum absolute atomic E-state index is 12.3. The summed E-state index contributed by atoms with van der Waals surface area (Å²) < 4.78 is 5.55. The summed E-state index contributed by atoms with van der Waals surface area (Å²) >= 11 is 6.15. The lowest BCUT2D eigenvalue weighted by Crippen LogP contribution is -2.61. The van der Waals surface area contributed by atoms with E-state index >= 15 is 0 Å². The number of ether oxygens (including phenoxy) is 1. The Morgan fingerprint density at radius 3 is 2.82 bits per heavy atom. The number of benzene rings is 2. The maximum atomic E-state index is 12.3. The number of aldehydes is 1. The molecule has 8 heteroatoms. The Morgan fingerprint density at radius 1 is 1.15 bits per heavy atom. The summed E-state index contributed by atoms with van der Waals surface area (Å²) in [5.74, 6) is 0. The monoisotopic (exact) mass is 477 g/mol. The number of hydrogen-bond donors (Lipinski definition) is 2. The highest BCUT2D eigenvalue weighted by molar-refractivity contribution is 6.31. The van der Waals surface area contributed by atoms with Crippen LogP contribution in [0.15, 0.2) is 54.7 Å². The summed E-state index contributed by atoms with van der Waals surface area (Å²) in [6.07, 6.45) is 2.78. The fourth-order valence-electron chi connectivity index (χ4n) is 4.98. The predicted molar refractivity (Wildman–Crippen MR) is 136 cm³/mol. The molecular formula is C26H28ClN5O2. The molecule has 0 amide bonds. The molecule has 0 radical (unpaired) electrons. The second-order valence-electron chi connectivity index (χ2n) is 8.87. The molecule has 34 heavy (non-hydrogen) atoms. The molecule has 176 valence electrons. The number of aromatic amines is 1. The van der Waals surface area contributed by atoms with Gasteiger partial charge in [-0.1, -0.05) is 23.7 Å². The van der Waals surface area contributed by atoms with Crippen LogP contribution in [0.1, 0.15) is 11.3 Å². The number of halogens is 1. The molecule has 0 aliphatic carbocycles. The molecule has 0 spiro atoms. The first-order chi connectivity index (χ1) is 16.6. The lowest BCUT2D eigenvalue weighted by atomic mass is 10.0. The van der Waals surface area contributed by atoms with E-state index in [0.717, 1.165) is 63.1 Å². The molecule has 1 saturated heterocycles. The average Bonchev–Trinajstić information content (AvgIpc) is 3.22. The summed E-state index contributed by atoms with van der Waals surface area (Å²) in [6.45, 7) is 3.44. The van der Waals surface area contributed by atoms with Crippen molar-refractivity contribution in [3.05, 3.63) is 71.0 Å². The number of carbonyl (C=O) groups is 1. The molecule has 2 aromatic heterocycles. The van der Waals surface area contributed by atoms with Crippen molar-refractivity contribution >= 4 is 45.4 Å². The predicted octanol–water partition coefficient (Wildman–Crippen LogP) is 3.85. The number of fused-ring (bicyclic) bond motifs is 2. The van der Waals surface area contributed by atoms with Gasteiger partial charge in [0.1, 0.15) is 6.29 Å². The molecule has 5 rings (SSSR count). The van der Waals surface area contributed by atoms with Crippen LogP contribution in [0.2, 0.25) is 5.02 Å². The van der Waals surface area contributed by atoms with E-state index in [0.29, 0.717) is 19.7 Å². The molecule has 1 fully saturated rings. The number of aromatic nitrogens is 2. The molecule has 2 aromatic carbocycles. The van der Waals surface area contributed by atoms with Gasteiger partial charge in [-0.15, -0.1) is 0 Å². The highest BCUT2D eigenvalue weighted by Crippen LogP contribution is 2.26. The number of methoxy groups -OCH3 is 1. The third-order valence-electron chi connectivity index (χ3n) is 6.67. The van der Waals surface area contributed by atoms with Crippen LogP contribution in [0.4, 0.5) is 5.69 Å². The second kappa shape index (κ2) is 9.72. The quantitative estimate of drug-likeness (QED) is 0.393. The van der Waals surface area contributed by atoms with Crippen LogP contribution in [-0.4, -0.2) is 64.9 Å². The number of rotatable bonds is 7. The third-order valence-corrected chi connectivity index (χ3v) is 6.91. The maximum Gasteiger partial charge on any atom is 0.138 e. The minimum Gasteiger partial charge on any atom is -0.398 e. The molecule has 4 aromatic rings. The number of hydrogen-bond acceptors (Lipinski definition) is 6. The highest BCUT2D eigenvalue weighted by Gasteiger charge is 2.36. The zero-order valence-electron chi connectivity index (χ0n) is 19.1. The number of carbonyl (C=O) groups excluding carboxylic acids is 1. The second-order valence-corrected chi connectivity index (χ2v) is 9.30. The minimum absolute atomic E-state index is 0.0551. The van der Waals surface area contributed by atoms with Gasteiger partial charge in [0.2, 0.25) is 0 Å². The van der Waals surface area contributed by atoms with E-state index in [4.69, 9.17) is 22.1 Å². The molecule has 1 aliphatic heterocycles. The number of piperazine rings is 1. The molecule has 0 saturated carbocycles. The highest BCUT2D eigenvalue weighted by atomic mass is 35.5. The Hall–Kier alpha value is -2.97. The first-order valence-corrected chi connectivity index (χ1v) is 11.8. The van der Waals surface area contributed by atoms with E-state index in [1.165, 1.54) is 0 Å². The zero-order chi connectivity index (χ0) is 23.7. The number of pyridine rings is 1. The normalized spacial score (nSPS) is 19.7. The minimum atomic E-state index is -0.281. The Labute approximate surface area is 203 Å². The van der Waals surface area contributed by atoms with Crippen LogP contribution in [0.5, 0.6) is 0 Å².